The lowest BCUT2D eigenvalue weighted by atomic mass is 9.79. The Morgan fingerprint density at radius 2 is 1.81 bits per heavy atom. The first-order valence-electron chi connectivity index (χ1n) is 8.84. The van der Waals surface area contributed by atoms with E-state index in [2.05, 4.69) is 25.5 Å². The fraction of sp³-hybridized carbons (Fsp3) is 0.833. The summed E-state index contributed by atoms with van der Waals surface area (Å²) < 4.78 is 2.43. The molecular formula is C18H31N3. The zero-order valence-electron chi connectivity index (χ0n) is 14.0. The van der Waals surface area contributed by atoms with Crippen LogP contribution in [-0.2, 0) is 11.8 Å². The van der Waals surface area contributed by atoms with Gasteiger partial charge in [0.25, 0.3) is 0 Å². The van der Waals surface area contributed by atoms with E-state index in [1.54, 1.807) is 0 Å². The zero-order valence-corrected chi connectivity index (χ0v) is 14.0. The highest BCUT2D eigenvalue weighted by Crippen LogP contribution is 2.41. The Morgan fingerprint density at radius 1 is 1.10 bits per heavy atom. The number of hydrogen-bond donors (Lipinski definition) is 1. The maximum absolute atomic E-state index is 6.08. The molecule has 1 aromatic rings. The van der Waals surface area contributed by atoms with Crippen molar-refractivity contribution >= 4 is 0 Å². The molecule has 1 saturated carbocycles. The third-order valence-corrected chi connectivity index (χ3v) is 5.34. The van der Waals surface area contributed by atoms with Crippen molar-refractivity contribution in [2.24, 2.45) is 5.73 Å². The Bertz CT molecular complexity index is 489. The molecule has 0 aliphatic heterocycles. The largest absolute Gasteiger partial charge is 0.330 e. The molecule has 3 heteroatoms. The molecule has 3 nitrogen and oxygen atoms in total. The lowest BCUT2D eigenvalue weighted by molar-refractivity contribution is 0.316. The maximum Gasteiger partial charge on any atom is 0.0716 e. The van der Waals surface area contributed by atoms with Crippen molar-refractivity contribution < 1.29 is 0 Å². The van der Waals surface area contributed by atoms with Gasteiger partial charge in [0.1, 0.15) is 0 Å². The molecule has 1 unspecified atom stereocenters. The summed E-state index contributed by atoms with van der Waals surface area (Å²) in [6.07, 6.45) is 10.5. The maximum atomic E-state index is 6.08. The first-order valence-corrected chi connectivity index (χ1v) is 8.84. The van der Waals surface area contributed by atoms with Gasteiger partial charge < -0.3 is 5.73 Å². The van der Waals surface area contributed by atoms with E-state index in [-0.39, 0.29) is 5.41 Å². The Labute approximate surface area is 129 Å². The molecule has 2 aliphatic carbocycles. The summed E-state index contributed by atoms with van der Waals surface area (Å²) >= 11 is 0. The summed E-state index contributed by atoms with van der Waals surface area (Å²) in [5, 5.41) is 5.15. The minimum atomic E-state index is 0.120. The number of nitrogens with zero attached hydrogens (tertiary/aromatic N) is 2. The van der Waals surface area contributed by atoms with E-state index in [4.69, 9.17) is 10.8 Å². The van der Waals surface area contributed by atoms with Crippen LogP contribution in [0, 0.1) is 0 Å². The minimum absolute atomic E-state index is 0.120. The molecule has 1 aromatic heterocycles. The summed E-state index contributed by atoms with van der Waals surface area (Å²) in [6, 6.07) is 0.639. The van der Waals surface area contributed by atoms with Crippen LogP contribution in [0.5, 0.6) is 0 Å². The molecular weight excluding hydrogens is 258 g/mol. The predicted octanol–water partition coefficient (Wildman–Crippen LogP) is 4.06. The molecule has 0 aromatic carbocycles. The predicted molar refractivity (Wildman–Crippen MR) is 87.8 cm³/mol. The van der Waals surface area contributed by atoms with Crippen molar-refractivity contribution in [3.05, 3.63) is 17.0 Å². The fourth-order valence-corrected chi connectivity index (χ4v) is 4.24. The van der Waals surface area contributed by atoms with E-state index in [0.29, 0.717) is 12.0 Å². The van der Waals surface area contributed by atoms with Crippen molar-refractivity contribution in [1.82, 2.24) is 9.78 Å². The second kappa shape index (κ2) is 5.75. The Hall–Kier alpha value is -0.830. The van der Waals surface area contributed by atoms with Crippen molar-refractivity contribution in [2.75, 3.05) is 6.54 Å². The SMILES string of the molecule is CC(C)(C)c1nn(C2CCCCC2)c2c1C(CN)CCC2. The lowest BCUT2D eigenvalue weighted by Gasteiger charge is -2.28. The van der Waals surface area contributed by atoms with Crippen LogP contribution in [0.15, 0.2) is 0 Å². The standard InChI is InChI=1S/C18H31N3/c1-18(2,3)17-16-13(12-19)8-7-11-15(16)21(20-17)14-9-5-4-6-10-14/h13-14H,4-12,19H2,1-3H3. The van der Waals surface area contributed by atoms with Gasteiger partial charge in [-0.15, -0.1) is 0 Å². The molecule has 1 atom stereocenters. The first-order chi connectivity index (χ1) is 10.0. The normalized spacial score (nSPS) is 24.1. The van der Waals surface area contributed by atoms with Crippen LogP contribution >= 0.6 is 0 Å². The summed E-state index contributed by atoms with van der Waals surface area (Å²) in [5.74, 6) is 0.528. The van der Waals surface area contributed by atoms with Gasteiger partial charge in [0.05, 0.1) is 11.7 Å². The quantitative estimate of drug-likeness (QED) is 0.892. The number of hydrogen-bond acceptors (Lipinski definition) is 2. The van der Waals surface area contributed by atoms with Crippen LogP contribution < -0.4 is 5.73 Å². The van der Waals surface area contributed by atoms with Gasteiger partial charge in [-0.2, -0.15) is 5.10 Å². The number of aromatic nitrogens is 2. The molecule has 0 spiro atoms. The molecule has 118 valence electrons. The highest BCUT2D eigenvalue weighted by Gasteiger charge is 2.34. The number of nitrogens with two attached hydrogens (primary N) is 1. The van der Waals surface area contributed by atoms with Gasteiger partial charge in [0, 0.05) is 16.7 Å². The van der Waals surface area contributed by atoms with Crippen LogP contribution in [0.4, 0.5) is 0 Å². The van der Waals surface area contributed by atoms with Crippen LogP contribution in [0.2, 0.25) is 0 Å². The summed E-state index contributed by atoms with van der Waals surface area (Å²) in [7, 11) is 0. The van der Waals surface area contributed by atoms with Crippen molar-refractivity contribution in [2.45, 2.75) is 89.5 Å². The number of fused-ring (bicyclic) bond motifs is 1. The topological polar surface area (TPSA) is 43.8 Å². The van der Waals surface area contributed by atoms with Crippen molar-refractivity contribution in [1.29, 1.82) is 0 Å². The Kier molecular flexibility index (Phi) is 4.13. The monoisotopic (exact) mass is 289 g/mol. The molecule has 1 heterocycles. The van der Waals surface area contributed by atoms with E-state index >= 15 is 0 Å². The molecule has 0 amide bonds. The van der Waals surface area contributed by atoms with Crippen LogP contribution in [0.25, 0.3) is 0 Å². The second-order valence-corrected chi connectivity index (χ2v) is 8.02. The van der Waals surface area contributed by atoms with Gasteiger partial charge in [0.2, 0.25) is 0 Å². The van der Waals surface area contributed by atoms with E-state index in [9.17, 15) is 0 Å². The van der Waals surface area contributed by atoms with Gasteiger partial charge in [-0.05, 0) is 44.6 Å². The van der Waals surface area contributed by atoms with Crippen LogP contribution in [0.1, 0.15) is 94.6 Å². The van der Waals surface area contributed by atoms with E-state index in [1.807, 2.05) is 0 Å². The summed E-state index contributed by atoms with van der Waals surface area (Å²) in [5.41, 5.74) is 10.6. The summed E-state index contributed by atoms with van der Waals surface area (Å²) in [6.45, 7) is 7.65. The Morgan fingerprint density at radius 3 is 2.43 bits per heavy atom. The minimum Gasteiger partial charge on any atom is -0.330 e. The number of rotatable bonds is 2. The van der Waals surface area contributed by atoms with Crippen molar-refractivity contribution in [3.63, 3.8) is 0 Å². The highest BCUT2D eigenvalue weighted by molar-refractivity contribution is 5.37. The van der Waals surface area contributed by atoms with E-state index in [1.165, 1.54) is 68.3 Å². The van der Waals surface area contributed by atoms with E-state index < -0.39 is 0 Å². The van der Waals surface area contributed by atoms with Crippen LogP contribution in [0.3, 0.4) is 0 Å². The van der Waals surface area contributed by atoms with Gasteiger partial charge >= 0.3 is 0 Å². The molecule has 2 N–H and O–H groups in total. The molecule has 1 fully saturated rings. The molecule has 3 rings (SSSR count). The van der Waals surface area contributed by atoms with Gasteiger partial charge in [-0.3, -0.25) is 4.68 Å². The van der Waals surface area contributed by atoms with Gasteiger partial charge in [-0.25, -0.2) is 0 Å². The molecule has 0 bridgehead atoms. The van der Waals surface area contributed by atoms with E-state index in [0.717, 1.165) is 6.54 Å². The summed E-state index contributed by atoms with van der Waals surface area (Å²) in [4.78, 5) is 0. The average Bonchev–Trinajstić information content (AvgIpc) is 2.88. The Balaban J connectivity index is 2.07. The third-order valence-electron chi connectivity index (χ3n) is 5.34. The third kappa shape index (κ3) is 2.77. The molecule has 0 radical (unpaired) electrons. The fourth-order valence-electron chi connectivity index (χ4n) is 4.24. The molecule has 0 saturated heterocycles. The van der Waals surface area contributed by atoms with Gasteiger partial charge in [-0.1, -0.05) is 40.0 Å². The first kappa shape index (κ1) is 15.1. The zero-order chi connectivity index (χ0) is 15.0. The molecule has 2 aliphatic rings. The van der Waals surface area contributed by atoms with Crippen molar-refractivity contribution in [3.8, 4) is 0 Å². The average molecular weight is 289 g/mol. The highest BCUT2D eigenvalue weighted by atomic mass is 15.3. The van der Waals surface area contributed by atoms with Gasteiger partial charge in [0.15, 0.2) is 0 Å². The lowest BCUT2D eigenvalue weighted by Crippen LogP contribution is -2.23. The molecule has 21 heavy (non-hydrogen) atoms. The smallest absolute Gasteiger partial charge is 0.0716 e. The second-order valence-electron chi connectivity index (χ2n) is 8.02. The van der Waals surface area contributed by atoms with Crippen LogP contribution in [-0.4, -0.2) is 16.3 Å².